The molecular weight excluding hydrogens is 300 g/mol. The highest BCUT2D eigenvalue weighted by atomic mass is 16.7. The summed E-state index contributed by atoms with van der Waals surface area (Å²) in [6.07, 6.45) is 23.0. The molecular formula is C21H38O3. The predicted molar refractivity (Wildman–Crippen MR) is 102 cm³/mol. The lowest BCUT2D eigenvalue weighted by Gasteiger charge is -2.03. The molecule has 0 aromatic rings. The molecule has 3 nitrogen and oxygen atoms in total. The van der Waals surface area contributed by atoms with Crippen LogP contribution >= 0.6 is 0 Å². The van der Waals surface area contributed by atoms with Crippen LogP contribution in [0.25, 0.3) is 0 Å². The van der Waals surface area contributed by atoms with Gasteiger partial charge in [0, 0.05) is 0 Å². The molecule has 0 fully saturated rings. The van der Waals surface area contributed by atoms with Crippen LogP contribution in [0.15, 0.2) is 25.0 Å². The van der Waals surface area contributed by atoms with E-state index in [0.29, 0.717) is 6.61 Å². The Morgan fingerprint density at radius 2 is 1.29 bits per heavy atom. The molecule has 0 saturated carbocycles. The Kier molecular flexibility index (Phi) is 18.8. The minimum atomic E-state index is -0.655. The predicted octanol–water partition coefficient (Wildman–Crippen LogP) is 7.32. The quantitative estimate of drug-likeness (QED) is 0.121. The fourth-order valence-electron chi connectivity index (χ4n) is 2.61. The molecule has 0 bridgehead atoms. The van der Waals surface area contributed by atoms with Gasteiger partial charge in [-0.3, -0.25) is 0 Å². The first-order chi connectivity index (χ1) is 11.8. The maximum Gasteiger partial charge on any atom is 0.513 e. The molecule has 0 aliphatic rings. The van der Waals surface area contributed by atoms with Crippen LogP contribution < -0.4 is 0 Å². The van der Waals surface area contributed by atoms with E-state index in [1.807, 2.05) is 0 Å². The fourth-order valence-corrected chi connectivity index (χ4v) is 2.61. The first kappa shape index (κ1) is 22.8. The van der Waals surface area contributed by atoms with Crippen molar-refractivity contribution < 1.29 is 14.3 Å². The SMILES string of the molecule is C=COC(=O)OCCCCCCCC/C=C\CCCCCCCC. The molecule has 0 radical (unpaired) electrons. The summed E-state index contributed by atoms with van der Waals surface area (Å²) < 4.78 is 9.33. The standard InChI is InChI=1S/C21H38O3/c1-3-5-6-7-8-9-10-11-12-13-14-15-16-17-18-19-20-24-21(22)23-4-2/h4,11-12H,2-3,5-10,13-20H2,1H3/b12-11-. The van der Waals surface area contributed by atoms with Crippen molar-refractivity contribution in [1.29, 1.82) is 0 Å². The summed E-state index contributed by atoms with van der Waals surface area (Å²) in [5, 5.41) is 0. The van der Waals surface area contributed by atoms with Crippen LogP contribution in [0.3, 0.4) is 0 Å². The zero-order valence-corrected chi connectivity index (χ0v) is 15.8. The number of hydrogen-bond donors (Lipinski definition) is 0. The molecule has 24 heavy (non-hydrogen) atoms. The molecule has 0 aliphatic carbocycles. The number of unbranched alkanes of at least 4 members (excludes halogenated alkanes) is 12. The molecule has 0 atom stereocenters. The van der Waals surface area contributed by atoms with E-state index in [2.05, 4.69) is 30.4 Å². The third-order valence-electron chi connectivity index (χ3n) is 4.06. The van der Waals surface area contributed by atoms with E-state index >= 15 is 0 Å². The van der Waals surface area contributed by atoms with Gasteiger partial charge in [0.05, 0.1) is 12.9 Å². The Balaban J connectivity index is 3.12. The first-order valence-corrected chi connectivity index (χ1v) is 9.90. The summed E-state index contributed by atoms with van der Waals surface area (Å²) in [7, 11) is 0. The summed E-state index contributed by atoms with van der Waals surface area (Å²) in [5.74, 6) is 0. The summed E-state index contributed by atoms with van der Waals surface area (Å²) in [4.78, 5) is 10.9. The molecule has 0 aromatic carbocycles. The van der Waals surface area contributed by atoms with Gasteiger partial charge in [-0.1, -0.05) is 83.4 Å². The second-order valence-corrected chi connectivity index (χ2v) is 6.32. The van der Waals surface area contributed by atoms with E-state index in [1.165, 1.54) is 77.0 Å². The van der Waals surface area contributed by atoms with Crippen LogP contribution in [0.1, 0.15) is 96.8 Å². The van der Waals surface area contributed by atoms with Gasteiger partial charge in [0.2, 0.25) is 0 Å². The van der Waals surface area contributed by atoms with Gasteiger partial charge in [-0.2, -0.15) is 0 Å². The molecule has 0 heterocycles. The highest BCUT2D eigenvalue weighted by Crippen LogP contribution is 2.10. The van der Waals surface area contributed by atoms with Crippen molar-refractivity contribution in [3.05, 3.63) is 25.0 Å². The second kappa shape index (κ2) is 19.8. The largest absolute Gasteiger partial charge is 0.513 e. The monoisotopic (exact) mass is 338 g/mol. The molecule has 0 amide bonds. The van der Waals surface area contributed by atoms with Crippen LogP contribution in [-0.2, 0) is 9.47 Å². The van der Waals surface area contributed by atoms with Crippen molar-refractivity contribution in [2.45, 2.75) is 96.8 Å². The first-order valence-electron chi connectivity index (χ1n) is 9.90. The molecule has 0 aromatic heterocycles. The van der Waals surface area contributed by atoms with Crippen molar-refractivity contribution in [3.63, 3.8) is 0 Å². The lowest BCUT2D eigenvalue weighted by Crippen LogP contribution is -2.04. The molecule has 0 spiro atoms. The van der Waals surface area contributed by atoms with Gasteiger partial charge in [0.25, 0.3) is 0 Å². The average molecular weight is 339 g/mol. The summed E-state index contributed by atoms with van der Waals surface area (Å²) in [5.41, 5.74) is 0. The Morgan fingerprint density at radius 3 is 1.83 bits per heavy atom. The minimum Gasteiger partial charge on any atom is -0.434 e. The van der Waals surface area contributed by atoms with Gasteiger partial charge in [0.15, 0.2) is 0 Å². The molecule has 140 valence electrons. The fraction of sp³-hybridized carbons (Fsp3) is 0.762. The lowest BCUT2D eigenvalue weighted by atomic mass is 10.1. The van der Waals surface area contributed by atoms with E-state index in [4.69, 9.17) is 4.74 Å². The van der Waals surface area contributed by atoms with Crippen LogP contribution in [0.4, 0.5) is 4.79 Å². The van der Waals surface area contributed by atoms with Gasteiger partial charge in [-0.25, -0.2) is 4.79 Å². The van der Waals surface area contributed by atoms with Gasteiger partial charge in [0.1, 0.15) is 0 Å². The number of rotatable bonds is 17. The third-order valence-corrected chi connectivity index (χ3v) is 4.06. The number of hydrogen-bond acceptors (Lipinski definition) is 3. The second-order valence-electron chi connectivity index (χ2n) is 6.32. The maximum absolute atomic E-state index is 10.9. The van der Waals surface area contributed by atoms with Crippen LogP contribution in [0.2, 0.25) is 0 Å². The van der Waals surface area contributed by atoms with Gasteiger partial charge in [-0.15, -0.1) is 0 Å². The van der Waals surface area contributed by atoms with Crippen LogP contribution in [-0.4, -0.2) is 12.8 Å². The summed E-state index contributed by atoms with van der Waals surface area (Å²) in [6, 6.07) is 0. The Hall–Kier alpha value is -1.25. The van der Waals surface area contributed by atoms with E-state index < -0.39 is 6.16 Å². The van der Waals surface area contributed by atoms with E-state index in [-0.39, 0.29) is 0 Å². The number of carbonyl (C=O) groups is 1. The smallest absolute Gasteiger partial charge is 0.434 e. The maximum atomic E-state index is 10.9. The zero-order valence-electron chi connectivity index (χ0n) is 15.8. The number of carbonyl (C=O) groups excluding carboxylic acids is 1. The van der Waals surface area contributed by atoms with Crippen LogP contribution in [0.5, 0.6) is 0 Å². The molecule has 0 unspecified atom stereocenters. The van der Waals surface area contributed by atoms with Gasteiger partial charge >= 0.3 is 6.16 Å². The molecule has 0 N–H and O–H groups in total. The normalized spacial score (nSPS) is 10.9. The van der Waals surface area contributed by atoms with Gasteiger partial charge < -0.3 is 9.47 Å². The van der Waals surface area contributed by atoms with Crippen molar-refractivity contribution in [1.82, 2.24) is 0 Å². The summed E-state index contributed by atoms with van der Waals surface area (Å²) >= 11 is 0. The summed E-state index contributed by atoms with van der Waals surface area (Å²) in [6.45, 7) is 6.00. The third kappa shape index (κ3) is 18.8. The van der Waals surface area contributed by atoms with Gasteiger partial charge in [-0.05, 0) is 32.1 Å². The topological polar surface area (TPSA) is 35.5 Å². The average Bonchev–Trinajstić information content (AvgIpc) is 2.58. The van der Waals surface area contributed by atoms with E-state index in [0.717, 1.165) is 19.1 Å². The van der Waals surface area contributed by atoms with Crippen molar-refractivity contribution in [2.75, 3.05) is 6.61 Å². The van der Waals surface area contributed by atoms with E-state index in [9.17, 15) is 4.79 Å². The lowest BCUT2D eigenvalue weighted by molar-refractivity contribution is 0.0833. The highest BCUT2D eigenvalue weighted by molar-refractivity contribution is 5.60. The molecule has 0 saturated heterocycles. The minimum absolute atomic E-state index is 0.438. The van der Waals surface area contributed by atoms with Crippen molar-refractivity contribution >= 4 is 6.16 Å². The Bertz CT molecular complexity index is 310. The van der Waals surface area contributed by atoms with Crippen LogP contribution in [0, 0.1) is 0 Å². The number of ether oxygens (including phenoxy) is 2. The number of allylic oxidation sites excluding steroid dienone is 2. The molecule has 3 heteroatoms. The van der Waals surface area contributed by atoms with Crippen molar-refractivity contribution in [2.24, 2.45) is 0 Å². The van der Waals surface area contributed by atoms with E-state index in [1.54, 1.807) is 0 Å². The van der Waals surface area contributed by atoms with Crippen molar-refractivity contribution in [3.8, 4) is 0 Å². The zero-order chi connectivity index (χ0) is 17.7. The highest BCUT2D eigenvalue weighted by Gasteiger charge is 1.99. The molecule has 0 rings (SSSR count). The Labute approximate surface area is 149 Å². The molecule has 0 aliphatic heterocycles. The Morgan fingerprint density at radius 1 is 0.792 bits per heavy atom.